The van der Waals surface area contributed by atoms with Gasteiger partial charge in [-0.25, -0.2) is 4.98 Å². The summed E-state index contributed by atoms with van der Waals surface area (Å²) in [6.07, 6.45) is 5.20. The van der Waals surface area contributed by atoms with Crippen LogP contribution in [0.25, 0.3) is 5.69 Å². The minimum atomic E-state index is -0.202. The molecule has 4 aromatic rings. The third kappa shape index (κ3) is 4.41. The highest BCUT2D eigenvalue weighted by molar-refractivity contribution is 7.12. The van der Waals surface area contributed by atoms with Crippen molar-refractivity contribution in [3.05, 3.63) is 101 Å². The lowest BCUT2D eigenvalue weighted by molar-refractivity contribution is 0.0953. The van der Waals surface area contributed by atoms with Crippen molar-refractivity contribution in [2.24, 2.45) is 0 Å². The summed E-state index contributed by atoms with van der Waals surface area (Å²) in [4.78, 5) is 29.4. The van der Waals surface area contributed by atoms with Crippen LogP contribution >= 0.6 is 11.3 Å². The van der Waals surface area contributed by atoms with Gasteiger partial charge in [0.2, 0.25) is 0 Å². The first-order valence-corrected chi connectivity index (χ1v) is 9.88. The van der Waals surface area contributed by atoms with Crippen molar-refractivity contribution in [2.75, 3.05) is 5.32 Å². The number of carbonyl (C=O) groups is 2. The Morgan fingerprint density at radius 1 is 0.966 bits per heavy atom. The lowest BCUT2D eigenvalue weighted by Crippen LogP contribution is -2.21. The summed E-state index contributed by atoms with van der Waals surface area (Å²) in [6.45, 7) is 0.405. The normalized spacial score (nSPS) is 10.5. The number of rotatable bonds is 6. The number of anilines is 1. The van der Waals surface area contributed by atoms with Crippen LogP contribution in [-0.4, -0.2) is 21.4 Å². The van der Waals surface area contributed by atoms with E-state index in [9.17, 15) is 9.59 Å². The molecule has 2 N–H and O–H groups in total. The highest BCUT2D eigenvalue weighted by atomic mass is 32.1. The van der Waals surface area contributed by atoms with Gasteiger partial charge in [0.15, 0.2) is 0 Å². The van der Waals surface area contributed by atoms with E-state index in [1.165, 1.54) is 11.3 Å². The molecular formula is C22H18N4O2S. The van der Waals surface area contributed by atoms with Crippen molar-refractivity contribution >= 4 is 28.8 Å². The maximum Gasteiger partial charge on any atom is 0.261 e. The first-order chi connectivity index (χ1) is 14.2. The van der Waals surface area contributed by atoms with Gasteiger partial charge in [0.05, 0.1) is 22.6 Å². The second-order valence-electron chi connectivity index (χ2n) is 6.30. The molecule has 7 heteroatoms. The predicted octanol–water partition coefficient (Wildman–Crippen LogP) is 4.12. The molecule has 0 aliphatic carbocycles. The number of carbonyl (C=O) groups excluding carboxylic acids is 2. The molecule has 0 radical (unpaired) electrons. The minimum Gasteiger partial charge on any atom is -0.347 e. The Labute approximate surface area is 171 Å². The summed E-state index contributed by atoms with van der Waals surface area (Å²) in [5.74, 6) is -0.301. The van der Waals surface area contributed by atoms with Crippen molar-refractivity contribution in [1.82, 2.24) is 14.9 Å². The SMILES string of the molecule is O=C(Nc1ccccc1-n1ccnc1)c1ccc(CNC(=O)c2cccs2)cc1. The van der Waals surface area contributed by atoms with Crippen LogP contribution in [0.15, 0.2) is 84.8 Å². The molecule has 0 bridgehead atoms. The second kappa shape index (κ2) is 8.53. The molecule has 0 aliphatic rings. The fraction of sp³-hybridized carbons (Fsp3) is 0.0455. The van der Waals surface area contributed by atoms with Crippen LogP contribution in [0.2, 0.25) is 0 Å². The number of hydrogen-bond donors (Lipinski definition) is 2. The van der Waals surface area contributed by atoms with E-state index in [0.717, 1.165) is 11.3 Å². The van der Waals surface area contributed by atoms with E-state index in [2.05, 4.69) is 15.6 Å². The first-order valence-electron chi connectivity index (χ1n) is 9.00. The van der Waals surface area contributed by atoms with Crippen LogP contribution in [0.1, 0.15) is 25.6 Å². The number of nitrogens with one attached hydrogen (secondary N) is 2. The molecule has 0 unspecified atom stereocenters. The van der Waals surface area contributed by atoms with E-state index in [1.54, 1.807) is 30.7 Å². The minimum absolute atomic E-state index is 0.0991. The monoisotopic (exact) mass is 402 g/mol. The standard InChI is InChI=1S/C22H18N4O2S/c27-21(25-18-4-1-2-5-19(18)26-12-11-23-15-26)17-9-7-16(8-10-17)14-24-22(28)20-6-3-13-29-20/h1-13,15H,14H2,(H,24,28)(H,25,27). The molecular weight excluding hydrogens is 384 g/mol. The smallest absolute Gasteiger partial charge is 0.261 e. The maximum absolute atomic E-state index is 12.7. The molecule has 2 aromatic carbocycles. The van der Waals surface area contributed by atoms with Gasteiger partial charge in [0.25, 0.3) is 11.8 Å². The zero-order valence-corrected chi connectivity index (χ0v) is 16.2. The molecule has 0 saturated carbocycles. The Bertz CT molecular complexity index is 1100. The first kappa shape index (κ1) is 18.6. The molecule has 0 aliphatic heterocycles. The molecule has 0 atom stereocenters. The van der Waals surface area contributed by atoms with Crippen molar-refractivity contribution < 1.29 is 9.59 Å². The fourth-order valence-electron chi connectivity index (χ4n) is 2.85. The van der Waals surface area contributed by atoms with Crippen molar-refractivity contribution in [2.45, 2.75) is 6.54 Å². The fourth-order valence-corrected chi connectivity index (χ4v) is 3.49. The molecule has 6 nitrogen and oxygen atoms in total. The van der Waals surface area contributed by atoms with Gasteiger partial charge < -0.3 is 15.2 Å². The van der Waals surface area contributed by atoms with Crippen LogP contribution in [0.3, 0.4) is 0 Å². The highest BCUT2D eigenvalue weighted by Crippen LogP contribution is 2.20. The van der Waals surface area contributed by atoms with Crippen molar-refractivity contribution in [3.8, 4) is 5.69 Å². The van der Waals surface area contributed by atoms with Crippen LogP contribution < -0.4 is 10.6 Å². The summed E-state index contributed by atoms with van der Waals surface area (Å²) >= 11 is 1.40. The molecule has 4 rings (SSSR count). The Kier molecular flexibility index (Phi) is 5.49. The van der Waals surface area contributed by atoms with Crippen molar-refractivity contribution in [3.63, 3.8) is 0 Å². The molecule has 2 heterocycles. The van der Waals surface area contributed by atoms with Gasteiger partial charge in [-0.1, -0.05) is 30.3 Å². The average Bonchev–Trinajstić information content (AvgIpc) is 3.47. The van der Waals surface area contributed by atoms with E-state index in [-0.39, 0.29) is 11.8 Å². The number of nitrogens with zero attached hydrogens (tertiary/aromatic N) is 2. The Morgan fingerprint density at radius 3 is 2.52 bits per heavy atom. The summed E-state index contributed by atoms with van der Waals surface area (Å²) in [5, 5.41) is 7.69. The Morgan fingerprint density at radius 2 is 1.79 bits per heavy atom. The van der Waals surface area contributed by atoms with Crippen LogP contribution in [0, 0.1) is 0 Å². The number of amides is 2. The lowest BCUT2D eigenvalue weighted by Gasteiger charge is -2.12. The van der Waals surface area contributed by atoms with Gasteiger partial charge >= 0.3 is 0 Å². The van der Waals surface area contributed by atoms with Gasteiger partial charge in [0.1, 0.15) is 0 Å². The summed E-state index contributed by atoms with van der Waals surface area (Å²) in [5.41, 5.74) is 3.00. The summed E-state index contributed by atoms with van der Waals surface area (Å²) in [6, 6.07) is 18.4. The van der Waals surface area contributed by atoms with Gasteiger partial charge in [0, 0.05) is 24.5 Å². The Hall–Kier alpha value is -3.71. The highest BCUT2D eigenvalue weighted by Gasteiger charge is 2.11. The number of para-hydroxylation sites is 2. The molecule has 2 aromatic heterocycles. The third-order valence-corrected chi connectivity index (χ3v) is 5.22. The average molecular weight is 402 g/mol. The van der Waals surface area contributed by atoms with E-state index >= 15 is 0 Å². The molecule has 0 spiro atoms. The number of thiophene rings is 1. The van der Waals surface area contributed by atoms with Crippen LogP contribution in [0.5, 0.6) is 0 Å². The number of hydrogen-bond acceptors (Lipinski definition) is 4. The predicted molar refractivity (Wildman–Crippen MR) is 113 cm³/mol. The maximum atomic E-state index is 12.7. The summed E-state index contributed by atoms with van der Waals surface area (Å²) < 4.78 is 1.84. The van der Waals surface area contributed by atoms with E-state index in [1.807, 2.05) is 58.6 Å². The summed E-state index contributed by atoms with van der Waals surface area (Å²) in [7, 11) is 0. The molecule has 0 fully saturated rings. The van der Waals surface area contributed by atoms with Gasteiger partial charge in [-0.05, 0) is 41.3 Å². The van der Waals surface area contributed by atoms with Crippen LogP contribution in [0.4, 0.5) is 5.69 Å². The molecule has 29 heavy (non-hydrogen) atoms. The molecule has 2 amide bonds. The van der Waals surface area contributed by atoms with Crippen molar-refractivity contribution in [1.29, 1.82) is 0 Å². The molecule has 0 saturated heterocycles. The third-order valence-electron chi connectivity index (χ3n) is 4.35. The Balaban J connectivity index is 1.41. The zero-order chi connectivity index (χ0) is 20.1. The topological polar surface area (TPSA) is 76.0 Å². The largest absolute Gasteiger partial charge is 0.347 e. The van der Waals surface area contributed by atoms with Crippen LogP contribution in [-0.2, 0) is 6.54 Å². The zero-order valence-electron chi connectivity index (χ0n) is 15.4. The van der Waals surface area contributed by atoms with Gasteiger partial charge in [-0.3, -0.25) is 9.59 Å². The number of benzene rings is 2. The van der Waals surface area contributed by atoms with Gasteiger partial charge in [-0.2, -0.15) is 0 Å². The van der Waals surface area contributed by atoms with Gasteiger partial charge in [-0.15, -0.1) is 11.3 Å². The lowest BCUT2D eigenvalue weighted by atomic mass is 10.1. The number of imidazole rings is 1. The molecule has 144 valence electrons. The second-order valence-corrected chi connectivity index (χ2v) is 7.25. The van der Waals surface area contributed by atoms with E-state index < -0.39 is 0 Å². The van der Waals surface area contributed by atoms with E-state index in [0.29, 0.717) is 22.7 Å². The number of aromatic nitrogens is 2. The van der Waals surface area contributed by atoms with E-state index in [4.69, 9.17) is 0 Å². The quantitative estimate of drug-likeness (QED) is 0.509.